The third-order valence-corrected chi connectivity index (χ3v) is 4.27. The summed E-state index contributed by atoms with van der Waals surface area (Å²) in [6.45, 7) is 1.87. The molecule has 0 atom stereocenters. The topological polar surface area (TPSA) is 60.4 Å². The zero-order valence-corrected chi connectivity index (χ0v) is 12.5. The van der Waals surface area contributed by atoms with Crippen molar-refractivity contribution in [2.45, 2.75) is 6.92 Å². The van der Waals surface area contributed by atoms with Gasteiger partial charge in [-0.05, 0) is 19.1 Å². The minimum absolute atomic E-state index is 0.127. The van der Waals surface area contributed by atoms with Gasteiger partial charge in [0.05, 0.1) is 0 Å². The molecule has 0 amide bonds. The Morgan fingerprint density at radius 2 is 1.95 bits per heavy atom. The Labute approximate surface area is 129 Å². The first kappa shape index (κ1) is 13.0. The van der Waals surface area contributed by atoms with Crippen molar-refractivity contribution in [3.05, 3.63) is 68.9 Å². The molecule has 0 bridgehead atoms. The van der Waals surface area contributed by atoms with Gasteiger partial charge in [-0.2, -0.15) is 0 Å². The van der Waals surface area contributed by atoms with Gasteiger partial charge in [-0.1, -0.05) is 41.7 Å². The number of aryl methyl sites for hydroxylation is 1. The van der Waals surface area contributed by atoms with Gasteiger partial charge in [0.25, 0.3) is 5.56 Å². The number of fused-ring (bicyclic) bond motifs is 1. The molecule has 0 aliphatic heterocycles. The molecule has 0 unspecified atom stereocenters. The van der Waals surface area contributed by atoms with E-state index in [-0.39, 0.29) is 5.56 Å². The van der Waals surface area contributed by atoms with Crippen LogP contribution in [0.1, 0.15) is 11.5 Å². The summed E-state index contributed by atoms with van der Waals surface area (Å²) in [5.74, 6) is 2.03. The molecular weight excluding hydrogens is 298 g/mol. The van der Waals surface area contributed by atoms with Crippen molar-refractivity contribution in [3.8, 4) is 11.4 Å². The van der Waals surface area contributed by atoms with Crippen LogP contribution in [0.4, 0.5) is 0 Å². The molecule has 22 heavy (non-hydrogen) atoms. The molecule has 4 rings (SSSR count). The van der Waals surface area contributed by atoms with E-state index >= 15 is 0 Å². The standard InChI is InChI=1S/C16H11N3O2S/c1-10-7-8-12(21-10)9-13-15(20)19-14(17-18-16(19)22-13)11-5-3-2-4-6-11/h2-9H,1H3/b13-9+. The molecule has 6 heteroatoms. The van der Waals surface area contributed by atoms with Crippen molar-refractivity contribution < 1.29 is 4.42 Å². The number of hydrogen-bond acceptors (Lipinski definition) is 5. The van der Waals surface area contributed by atoms with E-state index in [4.69, 9.17) is 4.42 Å². The van der Waals surface area contributed by atoms with E-state index in [1.54, 1.807) is 10.5 Å². The molecule has 0 saturated carbocycles. The summed E-state index contributed by atoms with van der Waals surface area (Å²) in [6.07, 6.45) is 1.74. The summed E-state index contributed by atoms with van der Waals surface area (Å²) in [5, 5.41) is 8.23. The first-order chi connectivity index (χ1) is 10.7. The molecule has 0 N–H and O–H groups in total. The smallest absolute Gasteiger partial charge is 0.276 e. The minimum Gasteiger partial charge on any atom is -0.462 e. The Kier molecular flexibility index (Phi) is 2.90. The summed E-state index contributed by atoms with van der Waals surface area (Å²) in [6, 6.07) is 13.3. The van der Waals surface area contributed by atoms with Crippen LogP contribution in [0.5, 0.6) is 0 Å². The number of aromatic nitrogens is 3. The van der Waals surface area contributed by atoms with Crippen molar-refractivity contribution >= 4 is 22.4 Å². The number of furan rings is 1. The van der Waals surface area contributed by atoms with Crippen LogP contribution in [0.15, 0.2) is 51.7 Å². The third-order valence-electron chi connectivity index (χ3n) is 3.31. The molecule has 4 aromatic rings. The molecule has 0 radical (unpaired) electrons. The van der Waals surface area contributed by atoms with Crippen LogP contribution < -0.4 is 10.1 Å². The molecule has 0 spiro atoms. The van der Waals surface area contributed by atoms with Crippen LogP contribution in [0.25, 0.3) is 22.4 Å². The van der Waals surface area contributed by atoms with Gasteiger partial charge >= 0.3 is 0 Å². The van der Waals surface area contributed by atoms with Crippen molar-refractivity contribution in [2.24, 2.45) is 0 Å². The van der Waals surface area contributed by atoms with Gasteiger partial charge < -0.3 is 4.42 Å². The second kappa shape index (κ2) is 4.92. The highest BCUT2D eigenvalue weighted by Crippen LogP contribution is 2.17. The molecule has 1 aromatic carbocycles. The Hall–Kier alpha value is -2.73. The monoisotopic (exact) mass is 309 g/mol. The van der Waals surface area contributed by atoms with Gasteiger partial charge in [-0.3, -0.25) is 4.79 Å². The lowest BCUT2D eigenvalue weighted by Gasteiger charge is -1.94. The molecule has 0 aliphatic rings. The molecule has 0 saturated heterocycles. The summed E-state index contributed by atoms with van der Waals surface area (Å²) in [7, 11) is 0. The largest absolute Gasteiger partial charge is 0.462 e. The van der Waals surface area contributed by atoms with Gasteiger partial charge in [-0.15, -0.1) is 10.2 Å². The van der Waals surface area contributed by atoms with Crippen molar-refractivity contribution in [2.75, 3.05) is 0 Å². The number of rotatable bonds is 2. The zero-order valence-electron chi connectivity index (χ0n) is 11.7. The van der Waals surface area contributed by atoms with Crippen LogP contribution in [0.2, 0.25) is 0 Å². The minimum atomic E-state index is -0.127. The fourth-order valence-electron chi connectivity index (χ4n) is 2.30. The van der Waals surface area contributed by atoms with Gasteiger partial charge in [0, 0.05) is 11.6 Å². The highest BCUT2D eigenvalue weighted by Gasteiger charge is 2.13. The molecule has 5 nitrogen and oxygen atoms in total. The fraction of sp³-hybridized carbons (Fsp3) is 0.0625. The third kappa shape index (κ3) is 2.05. The Morgan fingerprint density at radius 1 is 1.14 bits per heavy atom. The maximum atomic E-state index is 12.6. The lowest BCUT2D eigenvalue weighted by molar-refractivity contribution is 0.525. The number of hydrogen-bond donors (Lipinski definition) is 0. The summed E-state index contributed by atoms with van der Waals surface area (Å²) >= 11 is 1.30. The lowest BCUT2D eigenvalue weighted by atomic mass is 10.2. The predicted octanol–water partition coefficient (Wildman–Crippen LogP) is 2.27. The quantitative estimate of drug-likeness (QED) is 0.570. The highest BCUT2D eigenvalue weighted by molar-refractivity contribution is 7.15. The lowest BCUT2D eigenvalue weighted by Crippen LogP contribution is -2.23. The zero-order chi connectivity index (χ0) is 15.1. The van der Waals surface area contributed by atoms with Crippen molar-refractivity contribution in [1.82, 2.24) is 14.6 Å². The Bertz CT molecular complexity index is 1060. The first-order valence-electron chi connectivity index (χ1n) is 6.74. The average Bonchev–Trinajstić information content (AvgIpc) is 3.20. The van der Waals surface area contributed by atoms with Crippen LogP contribution in [-0.4, -0.2) is 14.6 Å². The van der Waals surface area contributed by atoms with E-state index in [0.29, 0.717) is 21.1 Å². The van der Waals surface area contributed by atoms with E-state index in [1.165, 1.54) is 11.3 Å². The van der Waals surface area contributed by atoms with E-state index < -0.39 is 0 Å². The molecule has 108 valence electrons. The van der Waals surface area contributed by atoms with E-state index in [1.807, 2.05) is 49.4 Å². The molecule has 3 heterocycles. The summed E-state index contributed by atoms with van der Waals surface area (Å²) in [4.78, 5) is 13.2. The van der Waals surface area contributed by atoms with Crippen molar-refractivity contribution in [1.29, 1.82) is 0 Å². The Morgan fingerprint density at radius 3 is 2.68 bits per heavy atom. The second-order valence-corrected chi connectivity index (χ2v) is 5.88. The average molecular weight is 309 g/mol. The SMILES string of the molecule is Cc1ccc(/C=c2/sc3nnc(-c4ccccc4)n3c2=O)o1. The molecule has 3 aromatic heterocycles. The normalized spacial score (nSPS) is 12.3. The number of nitrogens with zero attached hydrogens (tertiary/aromatic N) is 3. The van der Waals surface area contributed by atoms with E-state index in [2.05, 4.69) is 10.2 Å². The van der Waals surface area contributed by atoms with E-state index in [0.717, 1.165) is 11.3 Å². The Balaban J connectivity index is 1.94. The van der Waals surface area contributed by atoms with Crippen LogP contribution >= 0.6 is 11.3 Å². The number of benzene rings is 1. The van der Waals surface area contributed by atoms with Crippen LogP contribution in [0, 0.1) is 6.92 Å². The molecule has 0 fully saturated rings. The van der Waals surface area contributed by atoms with Crippen molar-refractivity contribution in [3.63, 3.8) is 0 Å². The van der Waals surface area contributed by atoms with E-state index in [9.17, 15) is 4.79 Å². The highest BCUT2D eigenvalue weighted by atomic mass is 32.1. The maximum absolute atomic E-state index is 12.6. The van der Waals surface area contributed by atoms with Gasteiger partial charge in [0.2, 0.25) is 4.96 Å². The maximum Gasteiger partial charge on any atom is 0.276 e. The first-order valence-corrected chi connectivity index (χ1v) is 7.55. The predicted molar refractivity (Wildman–Crippen MR) is 84.8 cm³/mol. The summed E-state index contributed by atoms with van der Waals surface area (Å²) < 4.78 is 7.62. The fourth-order valence-corrected chi connectivity index (χ4v) is 3.19. The number of thiazole rings is 1. The van der Waals surface area contributed by atoms with Gasteiger partial charge in [0.1, 0.15) is 16.1 Å². The second-order valence-electron chi connectivity index (χ2n) is 4.87. The molecule has 0 aliphatic carbocycles. The van der Waals surface area contributed by atoms with Gasteiger partial charge in [-0.25, -0.2) is 4.40 Å². The van der Waals surface area contributed by atoms with Crippen LogP contribution in [-0.2, 0) is 0 Å². The van der Waals surface area contributed by atoms with Crippen LogP contribution in [0.3, 0.4) is 0 Å². The summed E-state index contributed by atoms with van der Waals surface area (Å²) in [5.41, 5.74) is 0.739. The molecular formula is C16H11N3O2S. The van der Waals surface area contributed by atoms with Gasteiger partial charge in [0.15, 0.2) is 5.82 Å².